The van der Waals surface area contributed by atoms with E-state index in [2.05, 4.69) is 28.6 Å². The zero-order valence-electron chi connectivity index (χ0n) is 16.3. The summed E-state index contributed by atoms with van der Waals surface area (Å²) in [5.41, 5.74) is 5.95. The Morgan fingerprint density at radius 1 is 0.968 bits per heavy atom. The first kappa shape index (κ1) is 25.7. The van der Waals surface area contributed by atoms with E-state index in [4.69, 9.17) is 15.9 Å². The van der Waals surface area contributed by atoms with Crippen LogP contribution in [0, 0.1) is 0 Å². The second kappa shape index (κ2) is 12.4. The molecular weight excluding hydrogens is 432 g/mol. The van der Waals surface area contributed by atoms with Crippen LogP contribution in [-0.4, -0.2) is 75.4 Å². The largest absolute Gasteiger partial charge is 0.508 e. The molecule has 0 aliphatic rings. The summed E-state index contributed by atoms with van der Waals surface area (Å²) in [5.74, 6) is -5.22. The van der Waals surface area contributed by atoms with Crippen LogP contribution >= 0.6 is 12.6 Å². The SMILES string of the molecule is NC(CC(=O)O)C(=O)NCC(=O)NC(Cc1ccc(O)cc1)C(=O)NC(CS)C(=O)O. The molecule has 0 aliphatic heterocycles. The lowest BCUT2D eigenvalue weighted by Gasteiger charge is -2.21. The van der Waals surface area contributed by atoms with E-state index >= 15 is 0 Å². The molecule has 3 amide bonds. The second-order valence-electron chi connectivity index (χ2n) is 6.49. The van der Waals surface area contributed by atoms with E-state index in [1.165, 1.54) is 24.3 Å². The van der Waals surface area contributed by atoms with E-state index in [0.29, 0.717) is 5.56 Å². The van der Waals surface area contributed by atoms with Gasteiger partial charge < -0.3 is 37.0 Å². The van der Waals surface area contributed by atoms with Gasteiger partial charge in [0.15, 0.2) is 0 Å². The number of phenolic OH excluding ortho intramolecular Hbond substituents is 1. The third kappa shape index (κ3) is 9.35. The van der Waals surface area contributed by atoms with Gasteiger partial charge in [-0.3, -0.25) is 19.2 Å². The first-order chi connectivity index (χ1) is 14.5. The number of aromatic hydroxyl groups is 1. The van der Waals surface area contributed by atoms with Gasteiger partial charge >= 0.3 is 11.9 Å². The molecule has 1 aromatic rings. The quantitative estimate of drug-likeness (QED) is 0.161. The number of amides is 3. The first-order valence-electron chi connectivity index (χ1n) is 8.99. The van der Waals surface area contributed by atoms with Gasteiger partial charge in [0.2, 0.25) is 17.7 Å². The molecule has 13 heteroatoms. The van der Waals surface area contributed by atoms with Crippen molar-refractivity contribution in [2.75, 3.05) is 12.3 Å². The van der Waals surface area contributed by atoms with Crippen LogP contribution in [-0.2, 0) is 30.4 Å². The maximum Gasteiger partial charge on any atom is 0.327 e. The predicted molar refractivity (Wildman–Crippen MR) is 110 cm³/mol. The topological polar surface area (TPSA) is 208 Å². The number of aliphatic carboxylic acids is 2. The van der Waals surface area contributed by atoms with Gasteiger partial charge in [-0.25, -0.2) is 4.79 Å². The van der Waals surface area contributed by atoms with E-state index in [0.717, 1.165) is 0 Å². The molecule has 12 nitrogen and oxygen atoms in total. The van der Waals surface area contributed by atoms with Gasteiger partial charge in [-0.2, -0.15) is 12.6 Å². The number of rotatable bonds is 12. The van der Waals surface area contributed by atoms with Crippen LogP contribution in [0.1, 0.15) is 12.0 Å². The highest BCUT2D eigenvalue weighted by molar-refractivity contribution is 7.80. The maximum atomic E-state index is 12.5. The number of hydrogen-bond acceptors (Lipinski definition) is 8. The lowest BCUT2D eigenvalue weighted by atomic mass is 10.0. The number of hydrogen-bond donors (Lipinski definition) is 8. The van der Waals surface area contributed by atoms with Crippen LogP contribution in [0.15, 0.2) is 24.3 Å². The summed E-state index contributed by atoms with van der Waals surface area (Å²) in [6, 6.07) is 1.94. The van der Waals surface area contributed by atoms with Crippen LogP contribution in [0.2, 0.25) is 0 Å². The van der Waals surface area contributed by atoms with Crippen LogP contribution in [0.25, 0.3) is 0 Å². The number of nitrogens with one attached hydrogen (secondary N) is 3. The lowest BCUT2D eigenvalue weighted by molar-refractivity contribution is -0.141. The molecule has 3 unspecified atom stereocenters. The maximum absolute atomic E-state index is 12.5. The van der Waals surface area contributed by atoms with Gasteiger partial charge in [0.25, 0.3) is 0 Å². The van der Waals surface area contributed by atoms with Crippen molar-refractivity contribution in [2.45, 2.75) is 31.0 Å². The highest BCUT2D eigenvalue weighted by Crippen LogP contribution is 2.11. The zero-order chi connectivity index (χ0) is 23.6. The summed E-state index contributed by atoms with van der Waals surface area (Å²) in [5, 5.41) is 33.9. The highest BCUT2D eigenvalue weighted by atomic mass is 32.1. The van der Waals surface area contributed by atoms with E-state index in [1.807, 2.05) is 0 Å². The van der Waals surface area contributed by atoms with E-state index < -0.39 is 60.8 Å². The molecule has 0 heterocycles. The van der Waals surface area contributed by atoms with Gasteiger partial charge in [-0.05, 0) is 17.7 Å². The van der Waals surface area contributed by atoms with Crippen LogP contribution < -0.4 is 21.7 Å². The van der Waals surface area contributed by atoms with Crippen molar-refractivity contribution in [2.24, 2.45) is 5.73 Å². The number of carbonyl (C=O) groups excluding carboxylic acids is 3. The summed E-state index contributed by atoms with van der Waals surface area (Å²) in [6.45, 7) is -0.583. The van der Waals surface area contributed by atoms with Crippen molar-refractivity contribution in [3.63, 3.8) is 0 Å². The number of benzene rings is 1. The van der Waals surface area contributed by atoms with E-state index in [-0.39, 0.29) is 17.9 Å². The fourth-order valence-corrected chi connectivity index (χ4v) is 2.61. The Bertz CT molecular complexity index is 817. The van der Waals surface area contributed by atoms with Crippen LogP contribution in [0.4, 0.5) is 0 Å². The normalized spacial score (nSPS) is 13.4. The minimum absolute atomic E-state index is 0.00443. The summed E-state index contributed by atoms with van der Waals surface area (Å²) in [7, 11) is 0. The predicted octanol–water partition coefficient (Wildman–Crippen LogP) is -2.16. The number of phenols is 1. The molecule has 0 aromatic heterocycles. The molecule has 3 atom stereocenters. The number of carbonyl (C=O) groups is 5. The molecule has 8 N–H and O–H groups in total. The Kier molecular flexibility index (Phi) is 10.3. The van der Waals surface area contributed by atoms with Crippen molar-refractivity contribution in [3.05, 3.63) is 29.8 Å². The van der Waals surface area contributed by atoms with E-state index in [1.54, 1.807) is 0 Å². The molecular formula is C18H24N4O8S. The lowest BCUT2D eigenvalue weighted by Crippen LogP contribution is -2.55. The number of carboxylic acid groups (broad SMARTS) is 2. The average molecular weight is 456 g/mol. The molecule has 0 aliphatic carbocycles. The third-order valence-electron chi connectivity index (χ3n) is 3.98. The number of nitrogens with two attached hydrogens (primary N) is 1. The number of thiol groups is 1. The summed E-state index contributed by atoms with van der Waals surface area (Å²) >= 11 is 3.87. The van der Waals surface area contributed by atoms with Crippen molar-refractivity contribution in [1.82, 2.24) is 16.0 Å². The first-order valence-corrected chi connectivity index (χ1v) is 9.63. The standard InChI is InChI=1S/C18H24N4O8S/c19-11(6-15(25)26)16(27)20-7-14(24)21-12(5-9-1-3-10(23)4-2-9)17(28)22-13(8-31)18(29)30/h1-4,11-13,23,31H,5-8,19H2,(H,20,27)(H,21,24)(H,22,28)(H,25,26)(H,29,30). The van der Waals surface area contributed by atoms with Crippen molar-refractivity contribution < 1.29 is 39.3 Å². The Hall–Kier alpha value is -3.32. The molecule has 0 saturated carbocycles. The van der Waals surface area contributed by atoms with Gasteiger partial charge in [-0.1, -0.05) is 12.1 Å². The Balaban J connectivity index is 2.82. The van der Waals surface area contributed by atoms with Crippen molar-refractivity contribution >= 4 is 42.3 Å². The highest BCUT2D eigenvalue weighted by Gasteiger charge is 2.26. The van der Waals surface area contributed by atoms with Gasteiger partial charge in [0.1, 0.15) is 17.8 Å². The molecule has 0 spiro atoms. The Labute approximate surface area is 182 Å². The second-order valence-corrected chi connectivity index (χ2v) is 6.86. The fourth-order valence-electron chi connectivity index (χ4n) is 2.36. The molecule has 1 rings (SSSR count). The molecule has 0 fully saturated rings. The van der Waals surface area contributed by atoms with Crippen molar-refractivity contribution in [1.29, 1.82) is 0 Å². The summed E-state index contributed by atoms with van der Waals surface area (Å²) in [6.07, 6.45) is -0.664. The van der Waals surface area contributed by atoms with Gasteiger partial charge in [-0.15, -0.1) is 0 Å². The summed E-state index contributed by atoms with van der Waals surface area (Å²) in [4.78, 5) is 58.2. The fraction of sp³-hybridized carbons (Fsp3) is 0.389. The Morgan fingerprint density at radius 3 is 2.10 bits per heavy atom. The van der Waals surface area contributed by atoms with Crippen LogP contribution in [0.5, 0.6) is 5.75 Å². The molecule has 170 valence electrons. The van der Waals surface area contributed by atoms with Gasteiger partial charge in [0.05, 0.1) is 19.0 Å². The molecule has 0 radical (unpaired) electrons. The molecule has 0 bridgehead atoms. The molecule has 0 saturated heterocycles. The zero-order valence-corrected chi connectivity index (χ0v) is 17.2. The minimum atomic E-state index is -1.35. The Morgan fingerprint density at radius 2 is 1.58 bits per heavy atom. The smallest absolute Gasteiger partial charge is 0.327 e. The minimum Gasteiger partial charge on any atom is -0.508 e. The van der Waals surface area contributed by atoms with E-state index in [9.17, 15) is 29.1 Å². The third-order valence-corrected chi connectivity index (χ3v) is 4.34. The average Bonchev–Trinajstić information content (AvgIpc) is 2.70. The molecule has 1 aromatic carbocycles. The summed E-state index contributed by atoms with van der Waals surface area (Å²) < 4.78 is 0. The monoisotopic (exact) mass is 456 g/mol. The van der Waals surface area contributed by atoms with Gasteiger partial charge in [0, 0.05) is 12.2 Å². The molecule has 31 heavy (non-hydrogen) atoms. The van der Waals surface area contributed by atoms with Crippen molar-refractivity contribution in [3.8, 4) is 5.75 Å². The van der Waals surface area contributed by atoms with Crippen LogP contribution in [0.3, 0.4) is 0 Å². The number of carboxylic acids is 2.